The molecule has 5 aliphatic rings. The van der Waals surface area contributed by atoms with E-state index < -0.39 is 194 Å². The van der Waals surface area contributed by atoms with E-state index in [-0.39, 0.29) is 12.9 Å². The van der Waals surface area contributed by atoms with E-state index in [0.29, 0.717) is 0 Å². The highest BCUT2D eigenvalue weighted by atomic mass is 32.3. The summed E-state index contributed by atoms with van der Waals surface area (Å²) < 4.78 is 137. The first-order chi connectivity index (χ1) is 34.4. The number of hydrogen-bond donors (Lipinski definition) is 14. The molecular formula is C31H53N3O37S2. The summed E-state index contributed by atoms with van der Waals surface area (Å²) in [6.45, 7) is -3.69. The Morgan fingerprint density at radius 2 is 0.918 bits per heavy atom. The van der Waals surface area contributed by atoms with Gasteiger partial charge in [0.15, 0.2) is 49.8 Å². The number of hydrogen-bond acceptors (Lipinski definition) is 38. The molecular weight excluding hydrogens is 1070 g/mol. The van der Waals surface area contributed by atoms with E-state index in [2.05, 4.69) is 28.4 Å². The van der Waals surface area contributed by atoms with Crippen LogP contribution in [0.4, 0.5) is 0 Å². The zero-order chi connectivity index (χ0) is 54.1. The molecule has 0 spiro atoms. The molecule has 0 bridgehead atoms. The molecule has 5 saturated heterocycles. The summed E-state index contributed by atoms with van der Waals surface area (Å²) in [6, 6.07) is -5.11. The topological polar surface area (TPSA) is 588 Å². The molecule has 0 aromatic rings. The van der Waals surface area contributed by atoms with E-state index in [9.17, 15) is 67.6 Å². The van der Waals surface area contributed by atoms with Gasteiger partial charge in [0.05, 0.1) is 31.3 Å². The number of methoxy groups -OCH3 is 1. The van der Waals surface area contributed by atoms with Crippen molar-refractivity contribution in [2.45, 2.75) is 154 Å². The van der Waals surface area contributed by atoms with Crippen molar-refractivity contribution in [3.8, 4) is 0 Å². The van der Waals surface area contributed by atoms with Crippen molar-refractivity contribution >= 4 is 33.7 Å². The Kier molecular flexibility index (Phi) is 22.9. The van der Waals surface area contributed by atoms with Crippen LogP contribution in [-0.4, -0.2) is 266 Å². The summed E-state index contributed by atoms with van der Waals surface area (Å²) in [6.07, 6.45) is -44.6. The number of ether oxygens (including phenoxy) is 12. The van der Waals surface area contributed by atoms with Crippen molar-refractivity contribution < 1.29 is 177 Å². The minimum Gasteiger partial charge on any atom is -0.435 e. The highest BCUT2D eigenvalue weighted by Gasteiger charge is 2.58. The monoisotopic (exact) mass is 1120 g/mol. The van der Waals surface area contributed by atoms with E-state index >= 15 is 0 Å². The Labute approximate surface area is 408 Å². The van der Waals surface area contributed by atoms with Gasteiger partial charge in [0.1, 0.15) is 79.9 Å². The lowest BCUT2D eigenvalue weighted by atomic mass is 9.95. The van der Waals surface area contributed by atoms with Crippen molar-refractivity contribution in [2.24, 2.45) is 17.2 Å². The number of nitrogens with two attached hydrogens (primary N) is 3. The molecule has 73 heavy (non-hydrogen) atoms. The molecule has 5 aliphatic heterocycles. The third kappa shape index (κ3) is 15.4. The van der Waals surface area contributed by atoms with Crippen molar-refractivity contribution in [1.82, 2.24) is 0 Å². The highest BCUT2D eigenvalue weighted by Crippen LogP contribution is 2.37. The Balaban J connectivity index is 1.36. The van der Waals surface area contributed by atoms with Crippen molar-refractivity contribution in [3.05, 3.63) is 0 Å². The van der Waals surface area contributed by atoms with E-state index in [4.69, 9.17) is 98.2 Å². The first-order valence-corrected chi connectivity index (χ1v) is 23.2. The van der Waals surface area contributed by atoms with Gasteiger partial charge in [-0.15, -0.1) is 0 Å². The van der Waals surface area contributed by atoms with Crippen LogP contribution in [0.25, 0.3) is 0 Å². The van der Waals surface area contributed by atoms with Crippen LogP contribution < -0.4 is 17.2 Å². The maximum absolute atomic E-state index is 11.8. The number of aliphatic hydroxyl groups excluding tert-OH is 6. The lowest BCUT2D eigenvalue weighted by molar-refractivity contribution is -0.540. The molecule has 42 heteroatoms. The predicted molar refractivity (Wildman–Crippen MR) is 206 cm³/mol. The van der Waals surface area contributed by atoms with Crippen LogP contribution in [0.2, 0.25) is 0 Å². The van der Waals surface area contributed by atoms with Crippen LogP contribution in [0.15, 0.2) is 0 Å². The summed E-state index contributed by atoms with van der Waals surface area (Å²) in [5.41, 5.74) is 18.3. The minimum atomic E-state index is -5.15. The largest absolute Gasteiger partial charge is 0.435 e. The van der Waals surface area contributed by atoms with Crippen molar-refractivity contribution in [2.75, 3.05) is 26.9 Å². The standard InChI is InChI=1S/C31H53N3O37S2/c1-52-25-11(33)15(39)19(9(59-25)4-57-73(49,50)51)61-31-24(68-71-45)18(42)23(30(66-31)54-6-36)64-27-12(34)21(67-70-44)20(8(60-27)2-55-69-43)62-28-17(41)16(40)22(29(65-28)53-5-35)63-26-10(32)14(38)13(37)7(58-26)3-56-72(46,47)48/h5-31,37-45H,2-4,32-34H2,1H3,(H,46,47,48)(H,49,50,51)/t7?,8?,9?,10?,11?,12?,13-,14-,15-,16-,17?,18-,19-,20-,21-,22+,23+,24+,25+,26-,27+,28-,29?,30?,31?/m1/s1. The maximum atomic E-state index is 11.8. The molecule has 426 valence electrons. The van der Waals surface area contributed by atoms with Crippen LogP contribution in [0, 0.1) is 0 Å². The predicted octanol–water partition coefficient (Wildman–Crippen LogP) is -10.2. The average Bonchev–Trinajstić information content (AvgIpc) is 3.33. The SMILES string of the molecule is CO[C@H]1OC(COS(=O)(=O)O)[C@@H](OC2OC(OC=O)[C@@H](O[C@@H]3OC(COOO)[C@@H](O[C@@H]4OC(OC=O)[C@@H](O[C@H]5OC(COS(=O)(=O)O)[C@@H](O)[C@H](O)C5N)[C@H](O)C4O)[C@H](OOO)C3N)[C@@H](O)[C@@H]2OOO)[C@H](O)C1N. The fourth-order valence-corrected chi connectivity index (χ4v) is 8.41. The molecule has 0 amide bonds. The van der Waals surface area contributed by atoms with E-state index in [0.717, 1.165) is 7.11 Å². The fraction of sp³-hybridized carbons (Fsp3) is 0.935. The zero-order valence-corrected chi connectivity index (χ0v) is 38.4. The molecule has 25 atom stereocenters. The molecule has 0 aromatic heterocycles. The van der Waals surface area contributed by atoms with Crippen molar-refractivity contribution in [3.63, 3.8) is 0 Å². The second-order valence-corrected chi connectivity index (χ2v) is 17.9. The summed E-state index contributed by atoms with van der Waals surface area (Å²) in [7, 11) is -9.17. The van der Waals surface area contributed by atoms with E-state index in [1.165, 1.54) is 0 Å². The van der Waals surface area contributed by atoms with Gasteiger partial charge in [-0.3, -0.25) is 18.7 Å². The summed E-state index contributed by atoms with van der Waals surface area (Å²) in [5.74, 6) is 0. The molecule has 5 rings (SSSR count). The molecule has 5 fully saturated rings. The van der Waals surface area contributed by atoms with Gasteiger partial charge < -0.3 is 105 Å². The molecule has 0 saturated carbocycles. The second-order valence-electron chi connectivity index (χ2n) is 15.7. The van der Waals surface area contributed by atoms with Crippen LogP contribution in [0.3, 0.4) is 0 Å². The van der Waals surface area contributed by atoms with Gasteiger partial charge in [0.25, 0.3) is 12.9 Å². The normalized spacial score (nSPS) is 43.8. The van der Waals surface area contributed by atoms with Gasteiger partial charge in [-0.2, -0.15) is 26.6 Å². The molecule has 40 nitrogen and oxygen atoms in total. The number of carbonyl (C=O) groups excluding carboxylic acids is 2. The van der Waals surface area contributed by atoms with E-state index in [1.54, 1.807) is 0 Å². The fourth-order valence-electron chi connectivity index (χ4n) is 7.80. The maximum Gasteiger partial charge on any atom is 0.397 e. The van der Waals surface area contributed by atoms with Gasteiger partial charge in [-0.25, -0.2) is 29.0 Å². The summed E-state index contributed by atoms with van der Waals surface area (Å²) >= 11 is 0. The lowest BCUT2D eigenvalue weighted by Gasteiger charge is -2.49. The molecule has 10 unspecified atom stereocenters. The first kappa shape index (κ1) is 61.4. The molecule has 0 radical (unpaired) electrons. The number of carbonyl (C=O) groups is 2. The average molecular weight is 1120 g/mol. The first-order valence-electron chi connectivity index (χ1n) is 20.5. The smallest absolute Gasteiger partial charge is 0.397 e. The van der Waals surface area contributed by atoms with Gasteiger partial charge in [-0.05, 0) is 0 Å². The Bertz CT molecular complexity index is 1940. The Morgan fingerprint density at radius 3 is 1.47 bits per heavy atom. The molecule has 0 aliphatic carbocycles. The quantitative estimate of drug-likeness (QED) is 0.0165. The van der Waals surface area contributed by atoms with Crippen LogP contribution in [-0.2, 0) is 125 Å². The Hall–Kier alpha value is -2.44. The Morgan fingerprint density at radius 1 is 0.452 bits per heavy atom. The number of aliphatic hydroxyl groups is 6. The second kappa shape index (κ2) is 27.2. The zero-order valence-electron chi connectivity index (χ0n) is 36.8. The van der Waals surface area contributed by atoms with Gasteiger partial charge >= 0.3 is 20.8 Å². The van der Waals surface area contributed by atoms with Gasteiger partial charge in [0, 0.05) is 7.11 Å². The van der Waals surface area contributed by atoms with E-state index in [1.807, 2.05) is 0 Å². The minimum absolute atomic E-state index is 0.241. The van der Waals surface area contributed by atoms with Crippen LogP contribution in [0.5, 0.6) is 0 Å². The third-order valence-electron chi connectivity index (χ3n) is 11.3. The van der Waals surface area contributed by atoms with Crippen LogP contribution >= 0.6 is 0 Å². The van der Waals surface area contributed by atoms with Gasteiger partial charge in [0.2, 0.25) is 12.6 Å². The number of rotatable bonds is 26. The lowest BCUT2D eigenvalue weighted by Crippen LogP contribution is -2.70. The summed E-state index contributed by atoms with van der Waals surface area (Å²) in [5, 5.41) is 105. The highest BCUT2D eigenvalue weighted by molar-refractivity contribution is 7.81. The molecule has 5 heterocycles. The molecule has 17 N–H and O–H groups in total. The molecule has 0 aromatic carbocycles. The summed E-state index contributed by atoms with van der Waals surface area (Å²) in [4.78, 5) is 37.6. The van der Waals surface area contributed by atoms with Gasteiger partial charge in [-0.1, -0.05) is 15.1 Å². The van der Waals surface area contributed by atoms with Crippen LogP contribution in [0.1, 0.15) is 0 Å². The van der Waals surface area contributed by atoms with Crippen molar-refractivity contribution in [1.29, 1.82) is 0 Å². The third-order valence-corrected chi connectivity index (χ3v) is 12.1.